The minimum Gasteiger partial charge on any atom is -0.481 e. The molecule has 0 aliphatic carbocycles. The van der Waals surface area contributed by atoms with Crippen LogP contribution in [0.5, 0.6) is 5.75 Å². The van der Waals surface area contributed by atoms with Crippen LogP contribution in [0.2, 0.25) is 10.0 Å². The Labute approximate surface area is 147 Å². The first-order valence-corrected chi connectivity index (χ1v) is 7.84. The first kappa shape index (κ1) is 19.4. The molecule has 2 unspecified atom stereocenters. The van der Waals surface area contributed by atoms with Crippen molar-refractivity contribution in [3.8, 4) is 5.75 Å². The van der Waals surface area contributed by atoms with Crippen molar-refractivity contribution < 1.29 is 9.53 Å². The van der Waals surface area contributed by atoms with Crippen LogP contribution in [0.3, 0.4) is 0 Å². The number of benzene rings is 1. The third-order valence-corrected chi connectivity index (χ3v) is 4.43. The topological polar surface area (TPSA) is 41.6 Å². The normalized spacial score (nSPS) is 19.3. The van der Waals surface area contributed by atoms with E-state index in [1.54, 1.807) is 25.1 Å². The Morgan fingerprint density at radius 3 is 2.77 bits per heavy atom. The summed E-state index contributed by atoms with van der Waals surface area (Å²) in [7, 11) is 1.92. The Morgan fingerprint density at radius 2 is 2.14 bits per heavy atom. The SMILES string of the molecule is CNC1CCCN(C(=O)C(C)Oc2ccc(Cl)c(Cl)c2)C1.Cl. The molecule has 0 aromatic heterocycles. The zero-order chi connectivity index (χ0) is 15.4. The Balaban J connectivity index is 0.00000242. The van der Waals surface area contributed by atoms with Crippen LogP contribution in [0.4, 0.5) is 0 Å². The first-order valence-electron chi connectivity index (χ1n) is 7.09. The van der Waals surface area contributed by atoms with E-state index in [4.69, 9.17) is 27.9 Å². The average Bonchev–Trinajstić information content (AvgIpc) is 2.50. The molecule has 1 saturated heterocycles. The fraction of sp³-hybridized carbons (Fsp3) is 0.533. The number of carbonyl (C=O) groups excluding carboxylic acids is 1. The van der Waals surface area contributed by atoms with Gasteiger partial charge in [0.15, 0.2) is 6.10 Å². The van der Waals surface area contributed by atoms with Crippen LogP contribution in [0, 0.1) is 0 Å². The number of nitrogens with one attached hydrogen (secondary N) is 1. The standard InChI is InChI=1S/C15H20Cl2N2O2.ClH/c1-10(21-12-5-6-13(16)14(17)8-12)15(20)19-7-3-4-11(9-19)18-2;/h5-6,8,10-11,18H,3-4,7,9H2,1-2H3;1H. The van der Waals surface area contributed by atoms with Gasteiger partial charge in [-0.15, -0.1) is 12.4 Å². The number of halogens is 3. The van der Waals surface area contributed by atoms with Gasteiger partial charge in [-0.25, -0.2) is 0 Å². The molecule has 1 fully saturated rings. The molecule has 0 bridgehead atoms. The number of carbonyl (C=O) groups is 1. The number of hydrogen-bond donors (Lipinski definition) is 1. The number of rotatable bonds is 4. The van der Waals surface area contributed by atoms with Crippen molar-refractivity contribution in [1.82, 2.24) is 10.2 Å². The minimum atomic E-state index is -0.544. The summed E-state index contributed by atoms with van der Waals surface area (Å²) in [6.45, 7) is 3.27. The van der Waals surface area contributed by atoms with E-state index in [-0.39, 0.29) is 18.3 Å². The van der Waals surface area contributed by atoms with Crippen LogP contribution in [0.1, 0.15) is 19.8 Å². The van der Waals surface area contributed by atoms with E-state index in [0.29, 0.717) is 21.8 Å². The monoisotopic (exact) mass is 366 g/mol. The molecule has 1 aromatic rings. The summed E-state index contributed by atoms with van der Waals surface area (Å²) in [5, 5.41) is 4.11. The molecule has 1 N–H and O–H groups in total. The second kappa shape index (κ2) is 8.82. The van der Waals surface area contributed by atoms with Gasteiger partial charge in [-0.05, 0) is 38.9 Å². The molecule has 2 rings (SSSR count). The summed E-state index contributed by atoms with van der Waals surface area (Å²) in [5.74, 6) is 0.549. The molecule has 1 aliphatic heterocycles. The van der Waals surface area contributed by atoms with Gasteiger partial charge in [-0.2, -0.15) is 0 Å². The Kier molecular flexibility index (Phi) is 7.77. The van der Waals surface area contributed by atoms with E-state index in [1.165, 1.54) is 0 Å². The average molecular weight is 368 g/mol. The Bertz CT molecular complexity index is 514. The van der Waals surface area contributed by atoms with Gasteiger partial charge >= 0.3 is 0 Å². The number of likely N-dealkylation sites (N-methyl/N-ethyl adjacent to an activating group) is 1. The number of ether oxygens (including phenoxy) is 1. The predicted octanol–water partition coefficient (Wildman–Crippen LogP) is 3.39. The molecule has 1 aliphatic rings. The molecule has 0 spiro atoms. The van der Waals surface area contributed by atoms with Crippen molar-refractivity contribution >= 4 is 41.5 Å². The van der Waals surface area contributed by atoms with Gasteiger partial charge < -0.3 is 15.0 Å². The third kappa shape index (κ3) is 4.92. The summed E-state index contributed by atoms with van der Waals surface area (Å²) >= 11 is 11.8. The maximum atomic E-state index is 12.4. The summed E-state index contributed by atoms with van der Waals surface area (Å²) in [6.07, 6.45) is 1.57. The lowest BCUT2D eigenvalue weighted by Gasteiger charge is -2.34. The highest BCUT2D eigenvalue weighted by Crippen LogP contribution is 2.27. The lowest BCUT2D eigenvalue weighted by atomic mass is 10.1. The second-order valence-corrected chi connectivity index (χ2v) is 6.06. The quantitative estimate of drug-likeness (QED) is 0.887. The van der Waals surface area contributed by atoms with Crippen molar-refractivity contribution in [2.45, 2.75) is 31.9 Å². The highest BCUT2D eigenvalue weighted by atomic mass is 35.5. The van der Waals surface area contributed by atoms with E-state index in [9.17, 15) is 4.79 Å². The van der Waals surface area contributed by atoms with E-state index >= 15 is 0 Å². The molecule has 1 aromatic carbocycles. The van der Waals surface area contributed by atoms with Gasteiger partial charge in [0.2, 0.25) is 0 Å². The smallest absolute Gasteiger partial charge is 0.263 e. The van der Waals surface area contributed by atoms with Crippen LogP contribution in [0.15, 0.2) is 18.2 Å². The van der Waals surface area contributed by atoms with Gasteiger partial charge in [0, 0.05) is 25.2 Å². The van der Waals surface area contributed by atoms with Crippen LogP contribution >= 0.6 is 35.6 Å². The number of nitrogens with zero attached hydrogens (tertiary/aromatic N) is 1. The minimum absolute atomic E-state index is 0. The Morgan fingerprint density at radius 1 is 1.41 bits per heavy atom. The maximum absolute atomic E-state index is 12.4. The molecular formula is C15H21Cl3N2O2. The number of piperidine rings is 1. The molecule has 7 heteroatoms. The van der Waals surface area contributed by atoms with E-state index < -0.39 is 6.10 Å². The van der Waals surface area contributed by atoms with Crippen molar-refractivity contribution in [3.63, 3.8) is 0 Å². The summed E-state index contributed by atoms with van der Waals surface area (Å²) in [4.78, 5) is 14.3. The molecule has 1 amide bonds. The summed E-state index contributed by atoms with van der Waals surface area (Å²) < 4.78 is 5.68. The third-order valence-electron chi connectivity index (χ3n) is 3.69. The van der Waals surface area contributed by atoms with Crippen LogP contribution < -0.4 is 10.1 Å². The summed E-state index contributed by atoms with van der Waals surface area (Å²) in [5.41, 5.74) is 0. The molecule has 0 radical (unpaired) electrons. The van der Waals surface area contributed by atoms with Gasteiger partial charge in [0.1, 0.15) is 5.75 Å². The van der Waals surface area contributed by atoms with Gasteiger partial charge in [-0.1, -0.05) is 23.2 Å². The van der Waals surface area contributed by atoms with E-state index in [2.05, 4.69) is 5.32 Å². The lowest BCUT2D eigenvalue weighted by molar-refractivity contribution is -0.139. The predicted molar refractivity (Wildman–Crippen MR) is 92.5 cm³/mol. The second-order valence-electron chi connectivity index (χ2n) is 5.25. The molecule has 124 valence electrons. The highest BCUT2D eigenvalue weighted by Gasteiger charge is 2.27. The Hall–Kier alpha value is -0.680. The van der Waals surface area contributed by atoms with Crippen LogP contribution in [-0.2, 0) is 4.79 Å². The number of likely N-dealkylation sites (tertiary alicyclic amines) is 1. The fourth-order valence-corrected chi connectivity index (χ4v) is 2.76. The highest BCUT2D eigenvalue weighted by molar-refractivity contribution is 6.42. The molecule has 1 heterocycles. The number of hydrogen-bond acceptors (Lipinski definition) is 3. The first-order chi connectivity index (χ1) is 10.0. The van der Waals surface area contributed by atoms with Crippen molar-refractivity contribution in [3.05, 3.63) is 28.2 Å². The molecule has 0 saturated carbocycles. The zero-order valence-corrected chi connectivity index (χ0v) is 15.0. The lowest BCUT2D eigenvalue weighted by Crippen LogP contribution is -2.50. The van der Waals surface area contributed by atoms with E-state index in [0.717, 1.165) is 25.9 Å². The largest absolute Gasteiger partial charge is 0.481 e. The van der Waals surface area contributed by atoms with Crippen LogP contribution in [0.25, 0.3) is 0 Å². The number of amides is 1. The fourth-order valence-electron chi connectivity index (χ4n) is 2.47. The molecular weight excluding hydrogens is 347 g/mol. The molecule has 22 heavy (non-hydrogen) atoms. The molecule has 4 nitrogen and oxygen atoms in total. The van der Waals surface area contributed by atoms with Crippen molar-refractivity contribution in [1.29, 1.82) is 0 Å². The molecule has 2 atom stereocenters. The van der Waals surface area contributed by atoms with Crippen molar-refractivity contribution in [2.24, 2.45) is 0 Å². The van der Waals surface area contributed by atoms with Crippen LogP contribution in [-0.4, -0.2) is 43.1 Å². The van der Waals surface area contributed by atoms with E-state index in [1.807, 2.05) is 11.9 Å². The van der Waals surface area contributed by atoms with Gasteiger partial charge in [-0.3, -0.25) is 4.79 Å². The van der Waals surface area contributed by atoms with Gasteiger partial charge in [0.25, 0.3) is 5.91 Å². The maximum Gasteiger partial charge on any atom is 0.263 e. The van der Waals surface area contributed by atoms with Crippen molar-refractivity contribution in [2.75, 3.05) is 20.1 Å². The van der Waals surface area contributed by atoms with Gasteiger partial charge in [0.05, 0.1) is 10.0 Å². The summed E-state index contributed by atoms with van der Waals surface area (Å²) in [6, 6.07) is 5.36. The zero-order valence-electron chi connectivity index (χ0n) is 12.6.